The Hall–Kier alpha value is -0.730. The first-order valence-corrected chi connectivity index (χ1v) is 4.45. The Labute approximate surface area is 85.9 Å². The van der Waals surface area contributed by atoms with Gasteiger partial charge >= 0.3 is 5.97 Å². The maximum Gasteiger partial charge on any atom is 0.303 e. The fourth-order valence-electron chi connectivity index (χ4n) is 1.39. The molecule has 0 spiro atoms. The van der Waals surface area contributed by atoms with E-state index in [9.17, 15) is 20.1 Å². The molecular weight excluding hydrogens is 208 g/mol. The van der Waals surface area contributed by atoms with Gasteiger partial charge in [-0.1, -0.05) is 0 Å². The number of carbonyl (C=O) groups is 1. The number of aliphatic hydroxyl groups is 4. The van der Waals surface area contributed by atoms with Gasteiger partial charge in [-0.3, -0.25) is 4.79 Å². The van der Waals surface area contributed by atoms with Gasteiger partial charge in [-0.15, -0.1) is 0 Å². The van der Waals surface area contributed by atoms with E-state index in [1.165, 1.54) is 0 Å². The van der Waals surface area contributed by atoms with Crippen LogP contribution in [0.2, 0.25) is 0 Å². The van der Waals surface area contributed by atoms with Crippen molar-refractivity contribution in [2.24, 2.45) is 0 Å². The van der Waals surface area contributed by atoms with Crippen molar-refractivity contribution in [3.05, 3.63) is 0 Å². The highest BCUT2D eigenvalue weighted by atomic mass is 16.7. The molecule has 7 heteroatoms. The van der Waals surface area contributed by atoms with E-state index in [4.69, 9.17) is 9.84 Å². The normalized spacial score (nSPS) is 41.3. The van der Waals surface area contributed by atoms with Crippen LogP contribution in [0.3, 0.4) is 0 Å². The molecule has 0 aliphatic carbocycles. The zero-order valence-electron chi connectivity index (χ0n) is 8.11. The van der Waals surface area contributed by atoms with Gasteiger partial charge in [0, 0.05) is 6.92 Å². The molecule has 0 aromatic rings. The van der Waals surface area contributed by atoms with Gasteiger partial charge in [-0.2, -0.15) is 0 Å². The van der Waals surface area contributed by atoms with Gasteiger partial charge in [-0.25, -0.2) is 0 Å². The van der Waals surface area contributed by atoms with E-state index in [2.05, 4.69) is 4.74 Å². The third kappa shape index (κ3) is 2.64. The zero-order chi connectivity index (χ0) is 11.6. The van der Waals surface area contributed by atoms with Gasteiger partial charge in [-0.05, 0) is 0 Å². The number of ether oxygens (including phenoxy) is 2. The number of rotatable bonds is 2. The maximum atomic E-state index is 10.6. The van der Waals surface area contributed by atoms with Crippen LogP contribution in [0.4, 0.5) is 0 Å². The first-order valence-electron chi connectivity index (χ1n) is 4.45. The average molecular weight is 222 g/mol. The van der Waals surface area contributed by atoms with Crippen LogP contribution in [0, 0.1) is 0 Å². The maximum absolute atomic E-state index is 10.6. The van der Waals surface area contributed by atoms with Crippen molar-refractivity contribution in [2.75, 3.05) is 6.61 Å². The number of carbonyl (C=O) groups excluding carboxylic acids is 1. The summed E-state index contributed by atoms with van der Waals surface area (Å²) in [6, 6.07) is 0. The van der Waals surface area contributed by atoms with Crippen LogP contribution in [-0.2, 0) is 14.3 Å². The molecule has 5 atom stereocenters. The van der Waals surface area contributed by atoms with Gasteiger partial charge in [0.05, 0.1) is 6.61 Å². The second-order valence-corrected chi connectivity index (χ2v) is 3.30. The SMILES string of the molecule is CC(=O)O[C@@H]1C(O)O[C@H](CO)[C@@H](O)[C@H]1O. The summed E-state index contributed by atoms with van der Waals surface area (Å²) in [5.41, 5.74) is 0. The minimum Gasteiger partial charge on any atom is -0.454 e. The standard InChI is InChI=1S/C8H14O7/c1-3(10)14-7-6(12)5(11)4(2-9)15-8(7)13/h4-9,11-13H,2H2,1H3/t4-,5-,6-,7+,8?/m1/s1. The van der Waals surface area contributed by atoms with Crippen molar-refractivity contribution in [3.63, 3.8) is 0 Å². The van der Waals surface area contributed by atoms with Crippen molar-refractivity contribution in [3.8, 4) is 0 Å². The minimum absolute atomic E-state index is 0.553. The van der Waals surface area contributed by atoms with Gasteiger partial charge in [0.1, 0.15) is 18.3 Å². The highest BCUT2D eigenvalue weighted by Gasteiger charge is 2.45. The lowest BCUT2D eigenvalue weighted by Crippen LogP contribution is -2.59. The quantitative estimate of drug-likeness (QED) is 0.377. The van der Waals surface area contributed by atoms with Crippen LogP contribution < -0.4 is 0 Å². The van der Waals surface area contributed by atoms with Crippen LogP contribution in [0.25, 0.3) is 0 Å². The molecule has 0 amide bonds. The summed E-state index contributed by atoms with van der Waals surface area (Å²) in [5, 5.41) is 37.0. The van der Waals surface area contributed by atoms with Crippen molar-refractivity contribution in [1.29, 1.82) is 0 Å². The average Bonchev–Trinajstić information content (AvgIpc) is 2.18. The molecule has 7 nitrogen and oxygen atoms in total. The summed E-state index contributed by atoms with van der Waals surface area (Å²) in [7, 11) is 0. The second-order valence-electron chi connectivity index (χ2n) is 3.30. The molecule has 4 N–H and O–H groups in total. The van der Waals surface area contributed by atoms with Gasteiger partial charge < -0.3 is 29.9 Å². The molecule has 1 heterocycles. The molecule has 0 bridgehead atoms. The summed E-state index contributed by atoms with van der Waals surface area (Å²) in [5.74, 6) is -0.712. The van der Waals surface area contributed by atoms with E-state index in [-0.39, 0.29) is 0 Å². The molecule has 1 rings (SSSR count). The van der Waals surface area contributed by atoms with Crippen molar-refractivity contribution in [2.45, 2.75) is 37.6 Å². The highest BCUT2D eigenvalue weighted by Crippen LogP contribution is 2.22. The number of aliphatic hydroxyl groups excluding tert-OH is 4. The van der Waals surface area contributed by atoms with Crippen molar-refractivity contribution < 1.29 is 34.7 Å². The molecule has 0 saturated carbocycles. The summed E-state index contributed by atoms with van der Waals surface area (Å²) in [4.78, 5) is 10.6. The van der Waals surface area contributed by atoms with E-state index in [1.54, 1.807) is 0 Å². The smallest absolute Gasteiger partial charge is 0.303 e. The molecule has 15 heavy (non-hydrogen) atoms. The first-order chi connectivity index (χ1) is 6.97. The Morgan fingerprint density at radius 3 is 2.40 bits per heavy atom. The number of hydrogen-bond donors (Lipinski definition) is 4. The van der Waals surface area contributed by atoms with Crippen LogP contribution in [0.15, 0.2) is 0 Å². The molecule has 0 aromatic heterocycles. The summed E-state index contributed by atoms with van der Waals surface area (Å²) >= 11 is 0. The zero-order valence-corrected chi connectivity index (χ0v) is 8.11. The lowest BCUT2D eigenvalue weighted by Gasteiger charge is -2.39. The van der Waals surface area contributed by atoms with E-state index in [0.717, 1.165) is 6.92 Å². The fourth-order valence-corrected chi connectivity index (χ4v) is 1.39. The lowest BCUT2D eigenvalue weighted by atomic mass is 9.99. The molecule has 1 saturated heterocycles. The van der Waals surface area contributed by atoms with Crippen LogP contribution in [0.5, 0.6) is 0 Å². The predicted octanol–water partition coefficient (Wildman–Crippen LogP) is -2.65. The lowest BCUT2D eigenvalue weighted by molar-refractivity contribution is -0.290. The monoisotopic (exact) mass is 222 g/mol. The fraction of sp³-hybridized carbons (Fsp3) is 0.875. The van der Waals surface area contributed by atoms with Gasteiger partial charge in [0.25, 0.3) is 0 Å². The van der Waals surface area contributed by atoms with Crippen LogP contribution in [-0.4, -0.2) is 63.7 Å². The summed E-state index contributed by atoms with van der Waals surface area (Å²) < 4.78 is 9.32. The van der Waals surface area contributed by atoms with E-state index < -0.39 is 43.3 Å². The summed E-state index contributed by atoms with van der Waals surface area (Å²) in [6.45, 7) is 0.548. The molecule has 1 aliphatic rings. The van der Waals surface area contributed by atoms with Crippen molar-refractivity contribution in [1.82, 2.24) is 0 Å². The predicted molar refractivity (Wildman–Crippen MR) is 45.5 cm³/mol. The Balaban J connectivity index is 2.70. The Kier molecular flexibility index (Phi) is 4.00. The highest BCUT2D eigenvalue weighted by molar-refractivity contribution is 5.66. The Bertz CT molecular complexity index is 231. The minimum atomic E-state index is -1.57. The van der Waals surface area contributed by atoms with E-state index >= 15 is 0 Å². The molecule has 1 unspecified atom stereocenters. The number of hydrogen-bond acceptors (Lipinski definition) is 7. The van der Waals surface area contributed by atoms with E-state index in [1.807, 2.05) is 0 Å². The third-order valence-electron chi connectivity index (χ3n) is 2.14. The van der Waals surface area contributed by atoms with E-state index in [0.29, 0.717) is 0 Å². The molecule has 1 aliphatic heterocycles. The van der Waals surface area contributed by atoms with Crippen LogP contribution >= 0.6 is 0 Å². The van der Waals surface area contributed by atoms with Crippen molar-refractivity contribution >= 4 is 5.97 Å². The Morgan fingerprint density at radius 2 is 1.93 bits per heavy atom. The second kappa shape index (κ2) is 4.86. The van der Waals surface area contributed by atoms with Gasteiger partial charge in [0.15, 0.2) is 12.4 Å². The molecule has 88 valence electrons. The van der Waals surface area contributed by atoms with Crippen LogP contribution in [0.1, 0.15) is 6.92 Å². The summed E-state index contributed by atoms with van der Waals surface area (Å²) in [6.07, 6.45) is -6.91. The Morgan fingerprint density at radius 1 is 1.33 bits per heavy atom. The third-order valence-corrected chi connectivity index (χ3v) is 2.14. The first kappa shape index (κ1) is 12.3. The number of esters is 1. The largest absolute Gasteiger partial charge is 0.454 e. The molecule has 0 radical (unpaired) electrons. The molecule has 0 aromatic carbocycles. The molecular formula is C8H14O7. The topological polar surface area (TPSA) is 116 Å². The van der Waals surface area contributed by atoms with Gasteiger partial charge in [0.2, 0.25) is 0 Å². The molecule has 1 fully saturated rings.